The van der Waals surface area contributed by atoms with Crippen LogP contribution in [0.2, 0.25) is 0 Å². The van der Waals surface area contributed by atoms with Crippen LogP contribution in [0.25, 0.3) is 0 Å². The first-order chi connectivity index (χ1) is 11.1. The highest BCUT2D eigenvalue weighted by molar-refractivity contribution is 6.00. The minimum absolute atomic E-state index is 0.124. The summed E-state index contributed by atoms with van der Waals surface area (Å²) in [6.45, 7) is 1.97. The third kappa shape index (κ3) is 3.00. The average Bonchev–Trinajstić information content (AvgIpc) is 2.59. The molecule has 0 aromatic heterocycles. The zero-order chi connectivity index (χ0) is 16.4. The maximum Gasteiger partial charge on any atom is 0.267 e. The second-order valence-corrected chi connectivity index (χ2v) is 5.53. The average molecular weight is 313 g/mol. The van der Waals surface area contributed by atoms with Crippen molar-refractivity contribution in [3.8, 4) is 11.5 Å². The topological polar surface area (TPSA) is 59.0 Å². The molecule has 0 saturated carbocycles. The third-order valence-electron chi connectivity index (χ3n) is 3.85. The molecule has 1 amide bonds. The van der Waals surface area contributed by atoms with Gasteiger partial charge in [0, 0.05) is 7.05 Å². The maximum atomic E-state index is 12.1. The van der Waals surface area contributed by atoms with Gasteiger partial charge in [0.2, 0.25) is 0 Å². The number of carbonyl (C=O) groups is 1. The lowest BCUT2D eigenvalue weighted by molar-refractivity contribution is -0.125. The summed E-state index contributed by atoms with van der Waals surface area (Å²) < 4.78 is 11.6. The van der Waals surface area contributed by atoms with Crippen molar-refractivity contribution in [3.05, 3.63) is 53.6 Å². The molecule has 1 aliphatic heterocycles. The highest BCUT2D eigenvalue weighted by Gasteiger charge is 2.31. The van der Waals surface area contributed by atoms with Crippen LogP contribution in [0, 0.1) is 0 Å². The summed E-state index contributed by atoms with van der Waals surface area (Å²) in [5, 5.41) is 9.45. The molecule has 1 heterocycles. The molecule has 120 valence electrons. The number of carbonyl (C=O) groups excluding carboxylic acids is 1. The fourth-order valence-corrected chi connectivity index (χ4v) is 2.56. The van der Waals surface area contributed by atoms with Crippen molar-refractivity contribution in [1.29, 1.82) is 0 Å². The lowest BCUT2D eigenvalue weighted by atomic mass is 10.1. The van der Waals surface area contributed by atoms with Crippen molar-refractivity contribution >= 4 is 11.6 Å². The van der Waals surface area contributed by atoms with Gasteiger partial charge < -0.3 is 19.5 Å². The first kappa shape index (κ1) is 15.4. The van der Waals surface area contributed by atoms with E-state index in [0.717, 1.165) is 5.56 Å². The van der Waals surface area contributed by atoms with Crippen LogP contribution in [-0.4, -0.2) is 24.2 Å². The normalized spacial score (nSPS) is 16.7. The van der Waals surface area contributed by atoms with Gasteiger partial charge in [-0.3, -0.25) is 4.79 Å². The maximum absolute atomic E-state index is 12.1. The number of anilines is 1. The van der Waals surface area contributed by atoms with Crippen molar-refractivity contribution < 1.29 is 19.4 Å². The van der Waals surface area contributed by atoms with Gasteiger partial charge in [0.15, 0.2) is 17.6 Å². The number of aliphatic hydroxyl groups excluding tert-OH is 1. The smallest absolute Gasteiger partial charge is 0.267 e. The minimum Gasteiger partial charge on any atom is -0.485 e. The molecule has 0 spiro atoms. The number of aliphatic hydroxyl groups is 1. The van der Waals surface area contributed by atoms with Gasteiger partial charge in [-0.1, -0.05) is 30.3 Å². The van der Waals surface area contributed by atoms with Crippen LogP contribution >= 0.6 is 0 Å². The van der Waals surface area contributed by atoms with Crippen LogP contribution in [0.5, 0.6) is 11.5 Å². The molecule has 3 rings (SSSR count). The Morgan fingerprint density at radius 1 is 1.22 bits per heavy atom. The van der Waals surface area contributed by atoms with Gasteiger partial charge in [-0.15, -0.1) is 0 Å². The fourth-order valence-electron chi connectivity index (χ4n) is 2.56. The summed E-state index contributed by atoms with van der Waals surface area (Å²) in [5.41, 5.74) is 2.32. The fraction of sp³-hybridized carbons (Fsp3) is 0.278. The van der Waals surface area contributed by atoms with Gasteiger partial charge >= 0.3 is 0 Å². The van der Waals surface area contributed by atoms with Gasteiger partial charge in [0.25, 0.3) is 5.91 Å². The Labute approximate surface area is 135 Å². The predicted molar refractivity (Wildman–Crippen MR) is 86.6 cm³/mol. The Bertz CT molecular complexity index is 714. The summed E-state index contributed by atoms with van der Waals surface area (Å²) >= 11 is 0. The van der Waals surface area contributed by atoms with Gasteiger partial charge in [-0.05, 0) is 30.2 Å². The zero-order valence-electron chi connectivity index (χ0n) is 13.2. The van der Waals surface area contributed by atoms with E-state index in [9.17, 15) is 9.90 Å². The first-order valence-corrected chi connectivity index (χ1v) is 7.49. The van der Waals surface area contributed by atoms with Crippen LogP contribution in [0.3, 0.4) is 0 Å². The molecule has 1 N–H and O–H groups in total. The summed E-state index contributed by atoms with van der Waals surface area (Å²) in [5.74, 6) is 0.941. The van der Waals surface area contributed by atoms with Crippen molar-refractivity contribution in [2.75, 3.05) is 11.9 Å². The lowest BCUT2D eigenvalue weighted by Gasteiger charge is -2.31. The molecule has 1 atom stereocenters. The van der Waals surface area contributed by atoms with E-state index in [1.807, 2.05) is 30.3 Å². The molecule has 2 aromatic rings. The van der Waals surface area contributed by atoms with E-state index in [2.05, 4.69) is 0 Å². The van der Waals surface area contributed by atoms with E-state index in [1.165, 1.54) is 4.90 Å². The molecule has 0 saturated heterocycles. The molecule has 23 heavy (non-hydrogen) atoms. The Morgan fingerprint density at radius 3 is 2.65 bits per heavy atom. The van der Waals surface area contributed by atoms with Crippen molar-refractivity contribution in [2.45, 2.75) is 26.2 Å². The number of ether oxygens (including phenoxy) is 2. The largest absolute Gasteiger partial charge is 0.485 e. The number of benzene rings is 2. The van der Waals surface area contributed by atoms with Crippen molar-refractivity contribution in [2.24, 2.45) is 0 Å². The number of likely N-dealkylation sites (N-methyl/N-ethyl adjacent to an activating group) is 1. The van der Waals surface area contributed by atoms with Crippen LogP contribution in [-0.2, 0) is 18.0 Å². The Kier molecular flexibility index (Phi) is 4.21. The predicted octanol–water partition coefficient (Wildman–Crippen LogP) is 2.50. The van der Waals surface area contributed by atoms with Crippen LogP contribution < -0.4 is 14.4 Å². The quantitative estimate of drug-likeness (QED) is 0.942. The molecule has 0 fully saturated rings. The van der Waals surface area contributed by atoms with E-state index < -0.39 is 6.10 Å². The SMILES string of the molecule is CC1Oc2c(OCc3ccccc3)cc(CO)cc2N(C)C1=O. The second kappa shape index (κ2) is 6.30. The summed E-state index contributed by atoms with van der Waals surface area (Å²) in [7, 11) is 1.70. The number of rotatable bonds is 4. The van der Waals surface area contributed by atoms with Gasteiger partial charge in [-0.25, -0.2) is 0 Å². The molecule has 5 heteroatoms. The van der Waals surface area contributed by atoms with E-state index in [4.69, 9.17) is 9.47 Å². The van der Waals surface area contributed by atoms with E-state index in [1.54, 1.807) is 26.1 Å². The van der Waals surface area contributed by atoms with E-state index in [-0.39, 0.29) is 12.5 Å². The molecule has 2 aromatic carbocycles. The standard InChI is InChI=1S/C18H19NO4/c1-12-18(21)19(2)15-8-14(10-20)9-16(17(15)23-12)22-11-13-6-4-3-5-7-13/h3-9,12,20H,10-11H2,1-2H3. The Balaban J connectivity index is 1.94. The van der Waals surface area contributed by atoms with Gasteiger partial charge in [-0.2, -0.15) is 0 Å². The second-order valence-electron chi connectivity index (χ2n) is 5.53. The number of hydrogen-bond acceptors (Lipinski definition) is 4. The summed E-state index contributed by atoms with van der Waals surface area (Å²) in [6.07, 6.45) is -0.563. The minimum atomic E-state index is -0.563. The molecule has 0 aliphatic carbocycles. The van der Waals surface area contributed by atoms with Gasteiger partial charge in [0.05, 0.1) is 12.3 Å². The number of fused-ring (bicyclic) bond motifs is 1. The van der Waals surface area contributed by atoms with E-state index in [0.29, 0.717) is 29.4 Å². The molecule has 1 aliphatic rings. The number of amides is 1. The van der Waals surface area contributed by atoms with Crippen LogP contribution in [0.4, 0.5) is 5.69 Å². The lowest BCUT2D eigenvalue weighted by Crippen LogP contribution is -2.42. The van der Waals surface area contributed by atoms with Crippen molar-refractivity contribution in [3.63, 3.8) is 0 Å². The molecular formula is C18H19NO4. The van der Waals surface area contributed by atoms with Crippen LogP contribution in [0.1, 0.15) is 18.1 Å². The Hall–Kier alpha value is -2.53. The molecule has 1 unspecified atom stereocenters. The highest BCUT2D eigenvalue weighted by atomic mass is 16.5. The molecule has 0 bridgehead atoms. The molecule has 0 radical (unpaired) electrons. The first-order valence-electron chi connectivity index (χ1n) is 7.49. The Morgan fingerprint density at radius 2 is 1.96 bits per heavy atom. The number of hydrogen-bond donors (Lipinski definition) is 1. The van der Waals surface area contributed by atoms with Crippen LogP contribution in [0.15, 0.2) is 42.5 Å². The van der Waals surface area contributed by atoms with E-state index >= 15 is 0 Å². The van der Waals surface area contributed by atoms with Crippen molar-refractivity contribution in [1.82, 2.24) is 0 Å². The monoisotopic (exact) mass is 313 g/mol. The number of nitrogens with zero attached hydrogens (tertiary/aromatic N) is 1. The zero-order valence-corrected chi connectivity index (χ0v) is 13.2. The third-order valence-corrected chi connectivity index (χ3v) is 3.85. The highest BCUT2D eigenvalue weighted by Crippen LogP contribution is 2.42. The summed E-state index contributed by atoms with van der Waals surface area (Å²) in [6, 6.07) is 13.3. The molecular weight excluding hydrogens is 294 g/mol. The van der Waals surface area contributed by atoms with Gasteiger partial charge in [0.1, 0.15) is 6.61 Å². The summed E-state index contributed by atoms with van der Waals surface area (Å²) in [4.78, 5) is 13.6. The molecule has 5 nitrogen and oxygen atoms in total.